The van der Waals surface area contributed by atoms with Crippen LogP contribution in [0.4, 0.5) is 5.69 Å². The van der Waals surface area contributed by atoms with E-state index in [4.69, 9.17) is 0 Å². The van der Waals surface area contributed by atoms with E-state index in [-0.39, 0.29) is 5.41 Å². The van der Waals surface area contributed by atoms with Gasteiger partial charge in [0, 0.05) is 19.6 Å². The highest BCUT2D eigenvalue weighted by molar-refractivity contribution is 9.10. The number of hydrogen-bond donors (Lipinski definition) is 0. The number of hydrogen-bond acceptors (Lipinski definition) is 3. The van der Waals surface area contributed by atoms with Crippen LogP contribution in [0, 0.1) is 5.41 Å². The topological polar surface area (TPSA) is 34.0 Å². The van der Waals surface area contributed by atoms with Gasteiger partial charge in [-0.25, -0.2) is 4.68 Å². The summed E-state index contributed by atoms with van der Waals surface area (Å²) < 4.78 is 3.01. The van der Waals surface area contributed by atoms with Crippen molar-refractivity contribution in [3.8, 4) is 0 Å². The van der Waals surface area contributed by atoms with E-state index in [9.17, 15) is 0 Å². The first-order valence-electron chi connectivity index (χ1n) is 8.69. The Morgan fingerprint density at radius 1 is 1.08 bits per heavy atom. The Bertz CT molecular complexity index is 849. The SMILES string of the molecule is CCN(Cc1ccccc1)c1ccc2c(nnn2CC(C)(C)C)c1Br. The largest absolute Gasteiger partial charge is 0.367 e. The van der Waals surface area contributed by atoms with Crippen LogP contribution in [0.5, 0.6) is 0 Å². The van der Waals surface area contributed by atoms with E-state index in [0.29, 0.717) is 0 Å². The molecule has 0 saturated heterocycles. The number of fused-ring (bicyclic) bond motifs is 1. The van der Waals surface area contributed by atoms with Gasteiger partial charge < -0.3 is 4.90 Å². The minimum Gasteiger partial charge on any atom is -0.367 e. The van der Waals surface area contributed by atoms with Crippen LogP contribution < -0.4 is 4.90 Å². The third-order valence-corrected chi connectivity index (χ3v) is 4.95. The van der Waals surface area contributed by atoms with Gasteiger partial charge in [0.1, 0.15) is 5.52 Å². The van der Waals surface area contributed by atoms with Gasteiger partial charge >= 0.3 is 0 Å². The number of rotatable bonds is 5. The van der Waals surface area contributed by atoms with Crippen LogP contribution in [0.1, 0.15) is 33.3 Å². The highest BCUT2D eigenvalue weighted by Crippen LogP contribution is 2.34. The molecule has 0 aliphatic heterocycles. The smallest absolute Gasteiger partial charge is 0.129 e. The molecule has 1 aromatic heterocycles. The van der Waals surface area contributed by atoms with E-state index in [0.717, 1.165) is 40.8 Å². The van der Waals surface area contributed by atoms with Gasteiger partial charge in [0.25, 0.3) is 0 Å². The van der Waals surface area contributed by atoms with E-state index >= 15 is 0 Å². The minimum atomic E-state index is 0.161. The molecule has 1 heterocycles. The molecule has 2 aromatic carbocycles. The quantitative estimate of drug-likeness (QED) is 0.584. The minimum absolute atomic E-state index is 0.161. The monoisotopic (exact) mass is 400 g/mol. The summed E-state index contributed by atoms with van der Waals surface area (Å²) in [6.07, 6.45) is 0. The van der Waals surface area contributed by atoms with Crippen molar-refractivity contribution < 1.29 is 0 Å². The molecule has 5 heteroatoms. The molecule has 3 rings (SSSR count). The van der Waals surface area contributed by atoms with Crippen molar-refractivity contribution in [1.29, 1.82) is 0 Å². The molecule has 0 aliphatic rings. The Balaban J connectivity index is 1.95. The number of aromatic nitrogens is 3. The molecule has 0 aliphatic carbocycles. The Labute approximate surface area is 158 Å². The van der Waals surface area contributed by atoms with Crippen molar-refractivity contribution in [2.45, 2.75) is 40.8 Å². The van der Waals surface area contributed by atoms with E-state index in [1.54, 1.807) is 0 Å². The first-order chi connectivity index (χ1) is 11.9. The summed E-state index contributed by atoms with van der Waals surface area (Å²) in [5.41, 5.74) is 4.61. The highest BCUT2D eigenvalue weighted by Gasteiger charge is 2.18. The van der Waals surface area contributed by atoms with Crippen molar-refractivity contribution >= 4 is 32.7 Å². The Hall–Kier alpha value is -1.88. The lowest BCUT2D eigenvalue weighted by atomic mass is 9.97. The number of halogens is 1. The van der Waals surface area contributed by atoms with E-state index in [2.05, 4.69) is 101 Å². The first kappa shape index (κ1) is 17.9. The van der Waals surface area contributed by atoms with Gasteiger partial charge in [-0.1, -0.05) is 56.3 Å². The normalized spacial score (nSPS) is 11.9. The van der Waals surface area contributed by atoms with Crippen molar-refractivity contribution in [2.24, 2.45) is 5.41 Å². The van der Waals surface area contributed by atoms with Gasteiger partial charge in [0.05, 0.1) is 15.7 Å². The van der Waals surface area contributed by atoms with Gasteiger partial charge in [0.15, 0.2) is 0 Å². The fourth-order valence-electron chi connectivity index (χ4n) is 2.98. The molecule has 3 aromatic rings. The zero-order valence-corrected chi connectivity index (χ0v) is 16.9. The fraction of sp³-hybridized carbons (Fsp3) is 0.400. The van der Waals surface area contributed by atoms with Gasteiger partial charge in [-0.2, -0.15) is 0 Å². The molecule has 0 fully saturated rings. The van der Waals surface area contributed by atoms with Crippen LogP contribution in [0.3, 0.4) is 0 Å². The van der Waals surface area contributed by atoms with Gasteiger partial charge in [-0.15, -0.1) is 5.10 Å². The zero-order chi connectivity index (χ0) is 18.0. The van der Waals surface area contributed by atoms with Crippen molar-refractivity contribution in [2.75, 3.05) is 11.4 Å². The second-order valence-electron chi connectivity index (χ2n) is 7.57. The maximum Gasteiger partial charge on any atom is 0.129 e. The molecule has 0 amide bonds. The molecular weight excluding hydrogens is 376 g/mol. The molecule has 0 atom stereocenters. The van der Waals surface area contributed by atoms with E-state index < -0.39 is 0 Å². The molecule has 0 N–H and O–H groups in total. The second kappa shape index (κ2) is 7.16. The maximum atomic E-state index is 4.43. The lowest BCUT2D eigenvalue weighted by Gasteiger charge is -2.24. The summed E-state index contributed by atoms with van der Waals surface area (Å²) in [6, 6.07) is 14.8. The first-order valence-corrected chi connectivity index (χ1v) is 9.49. The molecule has 0 saturated carbocycles. The summed E-state index contributed by atoms with van der Waals surface area (Å²) >= 11 is 3.77. The van der Waals surface area contributed by atoms with Crippen LogP contribution in [0.25, 0.3) is 11.0 Å². The van der Waals surface area contributed by atoms with Crippen LogP contribution in [-0.2, 0) is 13.1 Å². The second-order valence-corrected chi connectivity index (χ2v) is 8.37. The molecule has 25 heavy (non-hydrogen) atoms. The third-order valence-electron chi connectivity index (χ3n) is 4.17. The number of nitrogens with zero attached hydrogens (tertiary/aromatic N) is 4. The fourth-order valence-corrected chi connectivity index (χ4v) is 3.64. The van der Waals surface area contributed by atoms with Gasteiger partial charge in [-0.3, -0.25) is 0 Å². The Morgan fingerprint density at radius 3 is 2.44 bits per heavy atom. The Kier molecular flexibility index (Phi) is 5.13. The summed E-state index contributed by atoms with van der Waals surface area (Å²) in [4.78, 5) is 2.35. The maximum absolute atomic E-state index is 4.43. The predicted octanol–water partition coefficient (Wildman–Crippen LogP) is 5.27. The third kappa shape index (κ3) is 4.03. The molecule has 4 nitrogen and oxygen atoms in total. The van der Waals surface area contributed by atoms with Crippen molar-refractivity contribution in [3.05, 3.63) is 52.5 Å². The predicted molar refractivity (Wildman–Crippen MR) is 108 cm³/mol. The average Bonchev–Trinajstić information content (AvgIpc) is 2.96. The van der Waals surface area contributed by atoms with Crippen molar-refractivity contribution in [3.63, 3.8) is 0 Å². The van der Waals surface area contributed by atoms with Crippen molar-refractivity contribution in [1.82, 2.24) is 15.0 Å². The van der Waals surface area contributed by atoms with Crippen LogP contribution in [0.2, 0.25) is 0 Å². The standard InChI is InChI=1S/C20H25BrN4/c1-5-24(13-15-9-7-6-8-10-15)16-11-12-17-19(18(16)21)22-23-25(17)14-20(2,3)4/h6-12H,5,13-14H2,1-4H3. The lowest BCUT2D eigenvalue weighted by molar-refractivity contribution is 0.327. The van der Waals surface area contributed by atoms with E-state index in [1.165, 1.54) is 5.56 Å². The summed E-state index contributed by atoms with van der Waals surface area (Å²) in [6.45, 7) is 11.5. The lowest BCUT2D eigenvalue weighted by Crippen LogP contribution is -2.22. The highest BCUT2D eigenvalue weighted by atomic mass is 79.9. The number of benzene rings is 2. The average molecular weight is 401 g/mol. The summed E-state index contributed by atoms with van der Waals surface area (Å²) in [5, 5.41) is 8.80. The van der Waals surface area contributed by atoms with E-state index in [1.807, 2.05) is 4.68 Å². The molecule has 0 spiro atoms. The number of anilines is 1. The van der Waals surface area contributed by atoms with Crippen LogP contribution in [-0.4, -0.2) is 21.5 Å². The summed E-state index contributed by atoms with van der Waals surface area (Å²) in [5.74, 6) is 0. The molecule has 0 unspecified atom stereocenters. The van der Waals surface area contributed by atoms with Crippen LogP contribution >= 0.6 is 15.9 Å². The Morgan fingerprint density at radius 2 is 1.80 bits per heavy atom. The molecular formula is C20H25BrN4. The molecule has 0 radical (unpaired) electrons. The zero-order valence-electron chi connectivity index (χ0n) is 15.3. The molecule has 132 valence electrons. The van der Waals surface area contributed by atoms with Crippen LogP contribution in [0.15, 0.2) is 46.9 Å². The molecule has 0 bridgehead atoms. The summed E-state index contributed by atoms with van der Waals surface area (Å²) in [7, 11) is 0. The van der Waals surface area contributed by atoms with Gasteiger partial charge in [-0.05, 0) is 46.0 Å². The van der Waals surface area contributed by atoms with Gasteiger partial charge in [0.2, 0.25) is 0 Å².